The van der Waals surface area contributed by atoms with Gasteiger partial charge in [0.05, 0.1) is 4.92 Å². The minimum absolute atomic E-state index is 0.0110. The average Bonchev–Trinajstić information content (AvgIpc) is 3.00. The second kappa shape index (κ2) is 4.64. The summed E-state index contributed by atoms with van der Waals surface area (Å²) in [5.41, 5.74) is 0.0110. The number of fused-ring (bicyclic) bond motifs is 2. The van der Waals surface area contributed by atoms with E-state index in [0.717, 1.165) is 19.4 Å². The Morgan fingerprint density at radius 2 is 2.37 bits per heavy atom. The van der Waals surface area contributed by atoms with Gasteiger partial charge in [0.1, 0.15) is 6.33 Å². The normalized spacial score (nSPS) is 24.8. The van der Waals surface area contributed by atoms with Gasteiger partial charge in [0.15, 0.2) is 0 Å². The second-order valence-corrected chi connectivity index (χ2v) is 5.17. The molecule has 7 nitrogen and oxygen atoms in total. The highest BCUT2D eigenvalue weighted by atomic mass is 16.6. The quantitative estimate of drug-likeness (QED) is 0.658. The first-order valence-corrected chi connectivity index (χ1v) is 6.70. The van der Waals surface area contributed by atoms with Crippen molar-refractivity contribution in [3.63, 3.8) is 0 Å². The number of piperidine rings is 1. The molecule has 3 rings (SSSR count). The molecule has 0 amide bonds. The summed E-state index contributed by atoms with van der Waals surface area (Å²) in [6.45, 7) is 3.38. The van der Waals surface area contributed by atoms with Gasteiger partial charge in [-0.05, 0) is 32.1 Å². The van der Waals surface area contributed by atoms with E-state index in [1.54, 1.807) is 0 Å². The maximum atomic E-state index is 11.3. The zero-order valence-corrected chi connectivity index (χ0v) is 10.9. The molecule has 1 aliphatic heterocycles. The van der Waals surface area contributed by atoms with E-state index < -0.39 is 0 Å². The van der Waals surface area contributed by atoms with Gasteiger partial charge in [0.2, 0.25) is 11.6 Å². The highest BCUT2D eigenvalue weighted by Gasteiger charge is 2.41. The van der Waals surface area contributed by atoms with Crippen molar-refractivity contribution in [1.82, 2.24) is 9.97 Å². The highest BCUT2D eigenvalue weighted by molar-refractivity contribution is 5.71. The minimum Gasteiger partial charge on any atom is -0.364 e. The molecule has 1 N–H and O–H groups in total. The number of hydrogen-bond acceptors (Lipinski definition) is 6. The van der Waals surface area contributed by atoms with Gasteiger partial charge in [-0.3, -0.25) is 10.1 Å². The van der Waals surface area contributed by atoms with Crippen molar-refractivity contribution < 1.29 is 4.92 Å². The molecule has 102 valence electrons. The Balaban J connectivity index is 2.00. The average molecular weight is 263 g/mol. The Bertz CT molecular complexity index is 507. The van der Waals surface area contributed by atoms with Crippen molar-refractivity contribution in [2.24, 2.45) is 5.92 Å². The monoisotopic (exact) mass is 263 g/mol. The smallest absolute Gasteiger partial charge is 0.353 e. The molecular weight excluding hydrogens is 246 g/mol. The van der Waals surface area contributed by atoms with Crippen molar-refractivity contribution in [1.29, 1.82) is 0 Å². The molecule has 1 aromatic heterocycles. The molecule has 1 saturated carbocycles. The topological polar surface area (TPSA) is 84.2 Å². The Hall–Kier alpha value is -1.92. The van der Waals surface area contributed by atoms with Crippen molar-refractivity contribution in [3.05, 3.63) is 16.4 Å². The van der Waals surface area contributed by atoms with Gasteiger partial charge in [-0.1, -0.05) is 0 Å². The molecule has 2 bridgehead atoms. The molecule has 0 spiro atoms. The minimum atomic E-state index is -0.376. The molecule has 1 aromatic rings. The number of rotatable bonds is 4. The Morgan fingerprint density at radius 3 is 2.95 bits per heavy atom. The van der Waals surface area contributed by atoms with Crippen LogP contribution in [0, 0.1) is 16.0 Å². The molecule has 0 aromatic carbocycles. The van der Waals surface area contributed by atoms with Crippen LogP contribution in [-0.2, 0) is 0 Å². The predicted octanol–water partition coefficient (Wildman–Crippen LogP) is 1.81. The first-order valence-electron chi connectivity index (χ1n) is 6.70. The van der Waals surface area contributed by atoms with Crippen LogP contribution >= 0.6 is 0 Å². The summed E-state index contributed by atoms with van der Waals surface area (Å²) in [4.78, 5) is 21.2. The van der Waals surface area contributed by atoms with E-state index in [1.807, 2.05) is 6.92 Å². The SMILES string of the molecule is CCNc1ncnc(N2CC3CCC2C3)c1[N+](=O)[O-]. The lowest BCUT2D eigenvalue weighted by atomic mass is 10.1. The van der Waals surface area contributed by atoms with Gasteiger partial charge in [0.25, 0.3) is 0 Å². The number of hydrogen-bond donors (Lipinski definition) is 1. The maximum Gasteiger partial charge on any atom is 0.353 e. The van der Waals surface area contributed by atoms with Crippen LogP contribution in [0.15, 0.2) is 6.33 Å². The molecule has 2 fully saturated rings. The van der Waals surface area contributed by atoms with Gasteiger partial charge in [-0.15, -0.1) is 0 Å². The number of aromatic nitrogens is 2. The second-order valence-electron chi connectivity index (χ2n) is 5.17. The first kappa shape index (κ1) is 12.1. The standard InChI is InChI=1S/C12H17N5O2/c1-2-13-11-10(17(18)19)12(15-7-14-11)16-6-8-3-4-9(16)5-8/h7-9H,2-6H2,1H3,(H,13,14,15). The van der Waals surface area contributed by atoms with Gasteiger partial charge < -0.3 is 10.2 Å². The lowest BCUT2D eigenvalue weighted by molar-refractivity contribution is -0.383. The summed E-state index contributed by atoms with van der Waals surface area (Å²) in [7, 11) is 0. The highest BCUT2D eigenvalue weighted by Crippen LogP contribution is 2.43. The van der Waals surface area contributed by atoms with Crippen LogP contribution in [0.1, 0.15) is 26.2 Å². The third kappa shape index (κ3) is 1.98. The maximum absolute atomic E-state index is 11.3. The molecule has 2 aliphatic rings. The molecule has 2 heterocycles. The Morgan fingerprint density at radius 1 is 1.53 bits per heavy atom. The van der Waals surface area contributed by atoms with E-state index in [2.05, 4.69) is 20.2 Å². The third-order valence-electron chi connectivity index (χ3n) is 4.01. The zero-order valence-electron chi connectivity index (χ0n) is 10.9. The van der Waals surface area contributed by atoms with Crippen molar-refractivity contribution >= 4 is 17.3 Å². The van der Waals surface area contributed by atoms with Gasteiger partial charge >= 0.3 is 5.69 Å². The molecule has 19 heavy (non-hydrogen) atoms. The molecule has 1 aliphatic carbocycles. The summed E-state index contributed by atoms with van der Waals surface area (Å²) < 4.78 is 0. The molecule has 0 radical (unpaired) electrons. The van der Waals surface area contributed by atoms with E-state index in [1.165, 1.54) is 12.7 Å². The molecule has 2 atom stereocenters. The summed E-state index contributed by atoms with van der Waals surface area (Å²) in [6, 6.07) is 0.410. The van der Waals surface area contributed by atoms with Crippen LogP contribution in [0.4, 0.5) is 17.3 Å². The summed E-state index contributed by atoms with van der Waals surface area (Å²) in [5, 5.41) is 14.3. The number of nitrogens with one attached hydrogen (secondary N) is 1. The fourth-order valence-electron chi connectivity index (χ4n) is 3.23. The van der Waals surface area contributed by atoms with Crippen LogP contribution in [0.2, 0.25) is 0 Å². The third-order valence-corrected chi connectivity index (χ3v) is 4.01. The summed E-state index contributed by atoms with van der Waals surface area (Å²) in [6.07, 6.45) is 4.90. The first-order chi connectivity index (χ1) is 9.20. The molecule has 7 heteroatoms. The van der Waals surface area contributed by atoms with E-state index in [0.29, 0.717) is 30.1 Å². The van der Waals surface area contributed by atoms with E-state index >= 15 is 0 Å². The van der Waals surface area contributed by atoms with Gasteiger partial charge in [-0.2, -0.15) is 0 Å². The molecular formula is C12H17N5O2. The number of nitrogens with zero attached hydrogens (tertiary/aromatic N) is 4. The van der Waals surface area contributed by atoms with E-state index in [-0.39, 0.29) is 10.6 Å². The van der Waals surface area contributed by atoms with Crippen molar-refractivity contribution in [3.8, 4) is 0 Å². The summed E-state index contributed by atoms with van der Waals surface area (Å²) >= 11 is 0. The van der Waals surface area contributed by atoms with Crippen LogP contribution in [0.3, 0.4) is 0 Å². The van der Waals surface area contributed by atoms with Gasteiger partial charge in [-0.25, -0.2) is 9.97 Å². The number of anilines is 2. The molecule has 2 unspecified atom stereocenters. The van der Waals surface area contributed by atoms with E-state index in [4.69, 9.17) is 0 Å². The zero-order chi connectivity index (χ0) is 13.4. The van der Waals surface area contributed by atoms with E-state index in [9.17, 15) is 10.1 Å². The fourth-order valence-corrected chi connectivity index (χ4v) is 3.23. The van der Waals surface area contributed by atoms with Crippen molar-refractivity contribution in [2.75, 3.05) is 23.3 Å². The largest absolute Gasteiger partial charge is 0.364 e. The van der Waals surface area contributed by atoms with Gasteiger partial charge in [0, 0.05) is 19.1 Å². The van der Waals surface area contributed by atoms with Crippen molar-refractivity contribution in [2.45, 2.75) is 32.2 Å². The predicted molar refractivity (Wildman–Crippen MR) is 71.3 cm³/mol. The molecule has 1 saturated heterocycles. The van der Waals surface area contributed by atoms with Crippen LogP contribution in [-0.4, -0.2) is 34.0 Å². The lowest BCUT2D eigenvalue weighted by Crippen LogP contribution is -2.33. The summed E-state index contributed by atoms with van der Waals surface area (Å²) in [5.74, 6) is 1.46. The van der Waals surface area contributed by atoms with Crippen LogP contribution in [0.25, 0.3) is 0 Å². The Kier molecular flexibility index (Phi) is 2.96. The Labute approximate surface area is 111 Å². The van der Waals surface area contributed by atoms with Crippen LogP contribution < -0.4 is 10.2 Å². The van der Waals surface area contributed by atoms with Crippen LogP contribution in [0.5, 0.6) is 0 Å². The number of nitro groups is 1. The lowest BCUT2D eigenvalue weighted by Gasteiger charge is -2.27. The fraction of sp³-hybridized carbons (Fsp3) is 0.667.